The first-order valence-electron chi connectivity index (χ1n) is 15.0. The molecule has 0 saturated carbocycles. The largest absolute Gasteiger partial charge is 2.00 e. The van der Waals surface area contributed by atoms with Gasteiger partial charge in [-0.1, -0.05) is 62.4 Å². The van der Waals surface area contributed by atoms with Gasteiger partial charge in [-0.05, 0) is 48.8 Å². The standard InChI is InChI=1S/C11H12N2O2.C9H11NO2.C6H14N4O2.C6H13NO2.Ca.Mg.Zn.4H/c12-9(11(14)15)5-7-6-13-10-4-2-1-3-8(7)10;10-8(9(11)12)6-7-4-2-1-3-5-7;7-4(5(11)12)2-1-3-10-6(8)9;1-4(2)3-5(7)6(8)9;;;;;;;/h1-4,6,9,13H,5,12H2,(H,14,15);1-5,8H,6,10H2,(H,11,12);4H,1-3,7H2,(H,11,12)(H4,8,9,10);4-5H,3,7H2,1-2H3,(H,8,9);;;;;;;/q;;;;2*+2;;4*-1. The Labute approximate surface area is 362 Å². The van der Waals surface area contributed by atoms with E-state index in [0.29, 0.717) is 44.6 Å². The minimum Gasteiger partial charge on any atom is -1.00 e. The number of aromatic amines is 1. The summed E-state index contributed by atoms with van der Waals surface area (Å²) in [5, 5.41) is 35.0. The fourth-order valence-electron chi connectivity index (χ4n) is 3.83. The van der Waals surface area contributed by atoms with E-state index >= 15 is 0 Å². The summed E-state index contributed by atoms with van der Waals surface area (Å²) in [6, 6.07) is 13.9. The van der Waals surface area contributed by atoms with Crippen LogP contribution in [0.5, 0.6) is 0 Å². The topological polar surface area (TPSA) is 333 Å². The fourth-order valence-corrected chi connectivity index (χ4v) is 3.83. The number of aromatic nitrogens is 1. The molecule has 0 fully saturated rings. The molecule has 19 heteroatoms. The molecular formula is C32H54CaMgN8O8Zn. The molecule has 0 amide bonds. The third kappa shape index (κ3) is 27.0. The Morgan fingerprint density at radius 3 is 1.67 bits per heavy atom. The number of aliphatic carboxylic acids is 4. The Kier molecular flexibility index (Phi) is 33.8. The molecule has 4 atom stereocenters. The quantitative estimate of drug-likeness (QED) is 0.0453. The van der Waals surface area contributed by atoms with E-state index in [9.17, 15) is 19.2 Å². The van der Waals surface area contributed by atoms with Crippen LogP contribution in [0.25, 0.3) is 10.9 Å². The molecule has 0 bridgehead atoms. The van der Waals surface area contributed by atoms with Gasteiger partial charge in [-0.2, -0.15) is 0 Å². The number of carboxylic acids is 4. The van der Waals surface area contributed by atoms with Crippen molar-refractivity contribution < 1.29 is 64.8 Å². The molecule has 0 saturated heterocycles. The number of hydrogen-bond acceptors (Lipinski definition) is 9. The number of H-pyrrole nitrogens is 1. The number of nitrogens with zero attached hydrogens (tertiary/aromatic N) is 1. The van der Waals surface area contributed by atoms with E-state index in [4.69, 9.17) is 54.8 Å². The third-order valence-electron chi connectivity index (χ3n) is 6.37. The van der Waals surface area contributed by atoms with Gasteiger partial charge in [-0.15, -0.1) is 0 Å². The molecule has 0 radical (unpaired) electrons. The number of nitrogens with one attached hydrogen (secondary N) is 1. The number of rotatable bonds is 14. The Balaban J connectivity index is -0.0000000869. The van der Waals surface area contributed by atoms with Gasteiger partial charge >= 0.3 is 84.7 Å². The van der Waals surface area contributed by atoms with Crippen molar-refractivity contribution >= 4 is 102 Å². The number of fused-ring (bicyclic) bond motifs is 1. The zero-order valence-electron chi connectivity index (χ0n) is 33.4. The van der Waals surface area contributed by atoms with E-state index in [0.717, 1.165) is 22.0 Å². The summed E-state index contributed by atoms with van der Waals surface area (Å²) >= 11 is 0. The summed E-state index contributed by atoms with van der Waals surface area (Å²) < 4.78 is 0. The van der Waals surface area contributed by atoms with E-state index < -0.39 is 48.0 Å². The van der Waals surface area contributed by atoms with Crippen LogP contribution in [0.3, 0.4) is 0 Å². The maximum atomic E-state index is 10.6. The van der Waals surface area contributed by atoms with Gasteiger partial charge in [0.05, 0.1) is 0 Å². The Bertz CT molecular complexity index is 1470. The van der Waals surface area contributed by atoms with Crippen LogP contribution in [0.4, 0.5) is 0 Å². The normalized spacial score (nSPS) is 12.0. The Morgan fingerprint density at radius 1 is 0.745 bits per heavy atom. The molecule has 276 valence electrons. The van der Waals surface area contributed by atoms with Crippen molar-refractivity contribution in [3.63, 3.8) is 0 Å². The average molecular weight is 809 g/mol. The van der Waals surface area contributed by atoms with Gasteiger partial charge in [0.15, 0.2) is 5.96 Å². The number of benzene rings is 2. The summed E-state index contributed by atoms with van der Waals surface area (Å²) in [5.74, 6) is -3.47. The number of para-hydroxylation sites is 1. The minimum absolute atomic E-state index is 0. The maximum Gasteiger partial charge on any atom is 2.00 e. The molecule has 0 spiro atoms. The van der Waals surface area contributed by atoms with Crippen molar-refractivity contribution in [2.45, 2.75) is 70.1 Å². The molecule has 16 nitrogen and oxygen atoms in total. The van der Waals surface area contributed by atoms with Crippen LogP contribution < -0.4 is 34.4 Å². The van der Waals surface area contributed by atoms with Crippen molar-refractivity contribution in [1.29, 1.82) is 0 Å². The SMILES string of the molecule is CC(C)CC(N)C(=O)O.NC(Cc1c[nH]c2ccccc12)C(=O)O.NC(Cc1ccccc1)C(=O)O.NC(N)=NCCCC(N)C(=O)O.[Ca+2].[H-].[H-].[H-].[H-].[Mg+2].[Zn]. The van der Waals surface area contributed by atoms with Crippen LogP contribution in [0, 0.1) is 5.92 Å². The molecule has 51 heavy (non-hydrogen) atoms. The van der Waals surface area contributed by atoms with Crippen molar-refractivity contribution in [3.8, 4) is 0 Å². The van der Waals surface area contributed by atoms with E-state index in [-0.39, 0.29) is 91.9 Å². The van der Waals surface area contributed by atoms with Crippen LogP contribution >= 0.6 is 0 Å². The molecule has 1 heterocycles. The first-order chi connectivity index (χ1) is 22.5. The van der Waals surface area contributed by atoms with Crippen molar-refractivity contribution in [1.82, 2.24) is 4.98 Å². The smallest absolute Gasteiger partial charge is 1.00 e. The van der Waals surface area contributed by atoms with Crippen molar-refractivity contribution in [2.75, 3.05) is 6.54 Å². The predicted molar refractivity (Wildman–Crippen MR) is 200 cm³/mol. The monoisotopic (exact) mass is 806 g/mol. The van der Waals surface area contributed by atoms with E-state index in [1.54, 1.807) is 0 Å². The summed E-state index contributed by atoms with van der Waals surface area (Å²) in [6.45, 7) is 4.31. The van der Waals surface area contributed by atoms with Gasteiger partial charge in [0.2, 0.25) is 0 Å². The van der Waals surface area contributed by atoms with Gasteiger partial charge in [0, 0.05) is 49.5 Å². The first-order valence-corrected chi connectivity index (χ1v) is 15.0. The first kappa shape index (κ1) is 55.4. The van der Waals surface area contributed by atoms with Crippen LogP contribution in [0.2, 0.25) is 0 Å². The number of aliphatic imine (C=N–C) groups is 1. The van der Waals surface area contributed by atoms with Gasteiger partial charge in [0.1, 0.15) is 24.2 Å². The van der Waals surface area contributed by atoms with Gasteiger partial charge < -0.3 is 65.5 Å². The van der Waals surface area contributed by atoms with Crippen LogP contribution in [-0.4, -0.2) is 147 Å². The molecule has 0 aliphatic carbocycles. The third-order valence-corrected chi connectivity index (χ3v) is 6.37. The van der Waals surface area contributed by atoms with Gasteiger partial charge in [-0.3, -0.25) is 24.2 Å². The number of hydrogen-bond donors (Lipinski definition) is 11. The summed E-state index contributed by atoms with van der Waals surface area (Å²) in [5.41, 5.74) is 34.3. The predicted octanol–water partition coefficient (Wildman–Crippen LogP) is 0.346. The summed E-state index contributed by atoms with van der Waals surface area (Å²) in [6.07, 6.45) is 4.05. The van der Waals surface area contributed by atoms with Gasteiger partial charge in [-0.25, -0.2) is 0 Å². The zero-order chi connectivity index (χ0) is 36.8. The number of carboxylic acid groups (broad SMARTS) is 4. The van der Waals surface area contributed by atoms with Crippen LogP contribution in [0.1, 0.15) is 49.9 Å². The van der Waals surface area contributed by atoms with E-state index in [1.807, 2.05) is 74.6 Å². The molecule has 1 aromatic heterocycles. The molecular weight excluding hydrogens is 754 g/mol. The van der Waals surface area contributed by atoms with Crippen LogP contribution in [-0.2, 0) is 51.5 Å². The Morgan fingerprint density at radius 2 is 1.22 bits per heavy atom. The van der Waals surface area contributed by atoms with E-state index in [1.165, 1.54) is 0 Å². The molecule has 4 unspecified atom stereocenters. The average Bonchev–Trinajstić information content (AvgIpc) is 3.42. The number of nitrogens with two attached hydrogens (primary N) is 6. The van der Waals surface area contributed by atoms with Crippen molar-refractivity contribution in [2.24, 2.45) is 45.3 Å². The molecule has 3 rings (SSSR count). The van der Waals surface area contributed by atoms with Gasteiger partial charge in [0.25, 0.3) is 0 Å². The van der Waals surface area contributed by atoms with Crippen molar-refractivity contribution in [3.05, 3.63) is 71.9 Å². The zero-order valence-corrected chi connectivity index (χ0v) is 35.9. The number of guanidine groups is 1. The second kappa shape index (κ2) is 31.2. The second-order valence-corrected chi connectivity index (χ2v) is 11.1. The summed E-state index contributed by atoms with van der Waals surface area (Å²) in [4.78, 5) is 48.1. The minimum atomic E-state index is -1.00. The second-order valence-electron chi connectivity index (χ2n) is 11.1. The molecule has 17 N–H and O–H groups in total. The molecule has 2 aromatic carbocycles. The summed E-state index contributed by atoms with van der Waals surface area (Å²) in [7, 11) is 0. The number of carbonyl (C=O) groups is 4. The maximum absolute atomic E-state index is 10.6. The van der Waals surface area contributed by atoms with E-state index in [2.05, 4.69) is 9.98 Å². The Hall–Kier alpha value is -2.38. The molecule has 0 aliphatic heterocycles. The molecule has 0 aliphatic rings. The fraction of sp³-hybridized carbons (Fsp3) is 0.406. The molecule has 3 aromatic rings. The van der Waals surface area contributed by atoms with Crippen LogP contribution in [0.15, 0.2) is 65.8 Å².